The first-order chi connectivity index (χ1) is 7.20. The Kier molecular flexibility index (Phi) is 3.82. The average Bonchev–Trinajstić information content (AvgIpc) is 2.25. The minimum absolute atomic E-state index is 0.0672. The van der Waals surface area contributed by atoms with E-state index in [1.54, 1.807) is 25.1 Å². The van der Waals surface area contributed by atoms with E-state index in [9.17, 15) is 4.79 Å². The van der Waals surface area contributed by atoms with E-state index >= 15 is 0 Å². The van der Waals surface area contributed by atoms with Gasteiger partial charge in [0.25, 0.3) is 0 Å². The fourth-order valence-corrected chi connectivity index (χ4v) is 1.58. The van der Waals surface area contributed by atoms with Gasteiger partial charge >= 0.3 is 0 Å². The summed E-state index contributed by atoms with van der Waals surface area (Å²) in [5.74, 6) is -0.170. The number of rotatable bonds is 4. The second-order valence-corrected chi connectivity index (χ2v) is 3.39. The van der Waals surface area contributed by atoms with E-state index < -0.39 is 0 Å². The van der Waals surface area contributed by atoms with Crippen LogP contribution in [0.1, 0.15) is 30.4 Å². The maximum absolute atomic E-state index is 11.4. The summed E-state index contributed by atoms with van der Waals surface area (Å²) < 4.78 is 0. The Labute approximate surface area is 89.9 Å². The SMILES string of the molecule is C=CCC(C(C)=O)c1ccccc1C#N. The van der Waals surface area contributed by atoms with Crippen LogP contribution in [0.4, 0.5) is 0 Å². The number of hydrogen-bond donors (Lipinski definition) is 0. The maximum atomic E-state index is 11.4. The number of hydrogen-bond acceptors (Lipinski definition) is 2. The summed E-state index contributed by atoms with van der Waals surface area (Å²) in [7, 11) is 0. The van der Waals surface area contributed by atoms with Crippen LogP contribution in [-0.4, -0.2) is 5.78 Å². The van der Waals surface area contributed by atoms with Gasteiger partial charge in [-0.05, 0) is 25.0 Å². The van der Waals surface area contributed by atoms with Gasteiger partial charge in [-0.15, -0.1) is 6.58 Å². The van der Waals surface area contributed by atoms with Crippen LogP contribution >= 0.6 is 0 Å². The molecule has 0 radical (unpaired) electrons. The van der Waals surface area contributed by atoms with Gasteiger partial charge in [-0.25, -0.2) is 0 Å². The molecule has 76 valence electrons. The number of Topliss-reactive ketones (excluding diaryl/α,β-unsaturated/α-hetero) is 1. The molecule has 0 fully saturated rings. The first-order valence-corrected chi connectivity index (χ1v) is 4.81. The summed E-state index contributed by atoms with van der Waals surface area (Å²) in [4.78, 5) is 11.4. The zero-order valence-corrected chi connectivity index (χ0v) is 8.73. The Morgan fingerprint density at radius 1 is 1.60 bits per heavy atom. The zero-order chi connectivity index (χ0) is 11.3. The van der Waals surface area contributed by atoms with E-state index in [2.05, 4.69) is 12.6 Å². The molecule has 0 N–H and O–H groups in total. The number of benzene rings is 1. The van der Waals surface area contributed by atoms with Crippen molar-refractivity contribution in [3.05, 3.63) is 48.0 Å². The third-order valence-corrected chi connectivity index (χ3v) is 2.35. The number of allylic oxidation sites excluding steroid dienone is 1. The standard InChI is InChI=1S/C13H13NO/c1-3-6-12(10(2)15)13-8-5-4-7-11(13)9-14/h3-5,7-8,12H,1,6H2,2H3. The first-order valence-electron chi connectivity index (χ1n) is 4.81. The van der Waals surface area contributed by atoms with Crippen molar-refractivity contribution in [3.8, 4) is 6.07 Å². The van der Waals surface area contributed by atoms with Gasteiger partial charge in [0.2, 0.25) is 0 Å². The molecule has 0 aliphatic carbocycles. The molecule has 1 rings (SSSR count). The highest BCUT2D eigenvalue weighted by atomic mass is 16.1. The second kappa shape index (κ2) is 5.11. The number of nitriles is 1. The molecule has 1 aromatic rings. The third kappa shape index (κ3) is 2.54. The van der Waals surface area contributed by atoms with Gasteiger partial charge in [-0.2, -0.15) is 5.26 Å². The van der Waals surface area contributed by atoms with Crippen LogP contribution in [0.5, 0.6) is 0 Å². The van der Waals surface area contributed by atoms with Crippen molar-refractivity contribution in [1.82, 2.24) is 0 Å². The third-order valence-electron chi connectivity index (χ3n) is 2.35. The van der Waals surface area contributed by atoms with Crippen molar-refractivity contribution >= 4 is 5.78 Å². The van der Waals surface area contributed by atoms with Gasteiger partial charge in [0.1, 0.15) is 5.78 Å². The lowest BCUT2D eigenvalue weighted by Crippen LogP contribution is -2.09. The van der Waals surface area contributed by atoms with Crippen LogP contribution in [0.2, 0.25) is 0 Å². The van der Waals surface area contributed by atoms with Crippen LogP contribution in [0.15, 0.2) is 36.9 Å². The quantitative estimate of drug-likeness (QED) is 0.699. The second-order valence-electron chi connectivity index (χ2n) is 3.39. The Balaban J connectivity index is 3.16. The highest BCUT2D eigenvalue weighted by Crippen LogP contribution is 2.24. The summed E-state index contributed by atoms with van der Waals surface area (Å²) in [6.07, 6.45) is 2.29. The molecule has 0 aromatic heterocycles. The van der Waals surface area contributed by atoms with E-state index in [0.29, 0.717) is 12.0 Å². The molecule has 0 saturated carbocycles. The predicted molar refractivity (Wildman–Crippen MR) is 59.4 cm³/mol. The maximum Gasteiger partial charge on any atom is 0.137 e. The Hall–Kier alpha value is -1.88. The molecular formula is C13H13NO. The Morgan fingerprint density at radius 3 is 2.80 bits per heavy atom. The lowest BCUT2D eigenvalue weighted by Gasteiger charge is -2.13. The van der Waals surface area contributed by atoms with Crippen LogP contribution in [0, 0.1) is 11.3 Å². The van der Waals surface area contributed by atoms with Gasteiger partial charge in [-0.1, -0.05) is 24.3 Å². The molecule has 0 amide bonds. The van der Waals surface area contributed by atoms with Crippen molar-refractivity contribution in [2.75, 3.05) is 0 Å². The Morgan fingerprint density at radius 2 is 2.27 bits per heavy atom. The van der Waals surface area contributed by atoms with Crippen LogP contribution in [0.3, 0.4) is 0 Å². The largest absolute Gasteiger partial charge is 0.299 e. The minimum atomic E-state index is -0.238. The average molecular weight is 199 g/mol. The van der Waals surface area contributed by atoms with Gasteiger partial charge in [-0.3, -0.25) is 4.79 Å². The van der Waals surface area contributed by atoms with Gasteiger partial charge in [0.15, 0.2) is 0 Å². The summed E-state index contributed by atoms with van der Waals surface area (Å²) in [6.45, 7) is 5.17. The molecule has 1 aromatic carbocycles. The monoisotopic (exact) mass is 199 g/mol. The van der Waals surface area contributed by atoms with E-state index in [-0.39, 0.29) is 11.7 Å². The Bertz CT molecular complexity index is 415. The molecule has 0 bridgehead atoms. The van der Waals surface area contributed by atoms with Gasteiger partial charge in [0, 0.05) is 5.92 Å². The summed E-state index contributed by atoms with van der Waals surface area (Å²) in [5.41, 5.74) is 1.37. The van der Waals surface area contributed by atoms with Crippen molar-refractivity contribution in [3.63, 3.8) is 0 Å². The molecule has 0 heterocycles. The van der Waals surface area contributed by atoms with E-state index in [1.165, 1.54) is 0 Å². The summed E-state index contributed by atoms with van der Waals surface area (Å²) >= 11 is 0. The van der Waals surface area contributed by atoms with Crippen molar-refractivity contribution in [2.24, 2.45) is 0 Å². The molecule has 0 spiro atoms. The molecule has 2 nitrogen and oxygen atoms in total. The fraction of sp³-hybridized carbons (Fsp3) is 0.231. The number of carbonyl (C=O) groups is 1. The van der Waals surface area contributed by atoms with Crippen molar-refractivity contribution in [2.45, 2.75) is 19.3 Å². The summed E-state index contributed by atoms with van der Waals surface area (Å²) in [5, 5.41) is 8.93. The number of nitrogens with zero attached hydrogens (tertiary/aromatic N) is 1. The molecule has 15 heavy (non-hydrogen) atoms. The zero-order valence-electron chi connectivity index (χ0n) is 8.73. The topological polar surface area (TPSA) is 40.9 Å². The van der Waals surface area contributed by atoms with Crippen LogP contribution in [0.25, 0.3) is 0 Å². The molecule has 1 atom stereocenters. The van der Waals surface area contributed by atoms with Crippen molar-refractivity contribution < 1.29 is 4.79 Å². The molecule has 2 heteroatoms. The lowest BCUT2D eigenvalue weighted by atomic mass is 9.89. The van der Waals surface area contributed by atoms with Gasteiger partial charge in [0.05, 0.1) is 11.6 Å². The minimum Gasteiger partial charge on any atom is -0.299 e. The molecular weight excluding hydrogens is 186 g/mol. The molecule has 1 unspecified atom stereocenters. The number of ketones is 1. The van der Waals surface area contributed by atoms with E-state index in [0.717, 1.165) is 5.56 Å². The summed E-state index contributed by atoms with van der Waals surface area (Å²) in [6, 6.07) is 9.30. The fourth-order valence-electron chi connectivity index (χ4n) is 1.58. The van der Waals surface area contributed by atoms with E-state index in [1.807, 2.05) is 12.1 Å². The number of carbonyl (C=O) groups excluding carboxylic acids is 1. The highest BCUT2D eigenvalue weighted by molar-refractivity contribution is 5.84. The normalized spacial score (nSPS) is 11.5. The highest BCUT2D eigenvalue weighted by Gasteiger charge is 2.17. The van der Waals surface area contributed by atoms with Gasteiger partial charge < -0.3 is 0 Å². The first kappa shape index (κ1) is 11.2. The lowest BCUT2D eigenvalue weighted by molar-refractivity contribution is -0.118. The van der Waals surface area contributed by atoms with E-state index in [4.69, 9.17) is 5.26 Å². The molecule has 0 aliphatic heterocycles. The van der Waals surface area contributed by atoms with Crippen LogP contribution < -0.4 is 0 Å². The molecule has 0 saturated heterocycles. The van der Waals surface area contributed by atoms with Crippen molar-refractivity contribution in [1.29, 1.82) is 5.26 Å². The molecule has 0 aliphatic rings. The predicted octanol–water partition coefficient (Wildman–Crippen LogP) is 2.81. The smallest absolute Gasteiger partial charge is 0.137 e. The van der Waals surface area contributed by atoms with Crippen LogP contribution in [-0.2, 0) is 4.79 Å².